The molecule has 1 saturated heterocycles. The third-order valence-electron chi connectivity index (χ3n) is 2.70. The Morgan fingerprint density at radius 1 is 1.26 bits per heavy atom. The zero-order valence-electron chi connectivity index (χ0n) is 10.3. The summed E-state index contributed by atoms with van der Waals surface area (Å²) in [5, 5.41) is 0.454. The van der Waals surface area contributed by atoms with Gasteiger partial charge in [0.15, 0.2) is 6.29 Å². The first-order chi connectivity index (χ1) is 9.07. The molecule has 1 N–H and O–H groups in total. The molecule has 0 atom stereocenters. The smallest absolute Gasteiger partial charge is 0.215 e. The van der Waals surface area contributed by atoms with Crippen molar-refractivity contribution in [1.82, 2.24) is 4.72 Å². The molecular formula is C12H16ClNO4S. The Labute approximate surface area is 117 Å². The summed E-state index contributed by atoms with van der Waals surface area (Å²) in [5.41, 5.74) is 0.588. The Hall–Kier alpha value is -0.660. The zero-order valence-corrected chi connectivity index (χ0v) is 11.9. The lowest BCUT2D eigenvalue weighted by Gasteiger charge is -2.10. The molecule has 0 saturated carbocycles. The fourth-order valence-electron chi connectivity index (χ4n) is 1.78. The van der Waals surface area contributed by atoms with Gasteiger partial charge in [-0.3, -0.25) is 0 Å². The lowest BCUT2D eigenvalue weighted by molar-refractivity contribution is -0.0451. The van der Waals surface area contributed by atoms with Gasteiger partial charge in [-0.2, -0.15) is 0 Å². The van der Waals surface area contributed by atoms with E-state index in [2.05, 4.69) is 4.72 Å². The highest BCUT2D eigenvalue weighted by Gasteiger charge is 2.18. The fraction of sp³-hybridized carbons (Fsp3) is 0.500. The Morgan fingerprint density at radius 2 is 1.95 bits per heavy atom. The summed E-state index contributed by atoms with van der Waals surface area (Å²) < 4.78 is 36.7. The van der Waals surface area contributed by atoms with Crippen LogP contribution in [0, 0.1) is 0 Å². The average Bonchev–Trinajstić information content (AvgIpc) is 2.85. The number of hydrogen-bond acceptors (Lipinski definition) is 4. The largest absolute Gasteiger partial charge is 0.350 e. The van der Waals surface area contributed by atoms with Crippen molar-refractivity contribution in [3.63, 3.8) is 0 Å². The van der Waals surface area contributed by atoms with E-state index >= 15 is 0 Å². The van der Waals surface area contributed by atoms with Gasteiger partial charge in [0.2, 0.25) is 10.0 Å². The van der Waals surface area contributed by atoms with Crippen LogP contribution in [-0.4, -0.2) is 34.5 Å². The van der Waals surface area contributed by atoms with Crippen molar-refractivity contribution in [2.75, 3.05) is 19.8 Å². The van der Waals surface area contributed by atoms with E-state index in [0.717, 1.165) is 0 Å². The van der Waals surface area contributed by atoms with Gasteiger partial charge in [0.25, 0.3) is 0 Å². The van der Waals surface area contributed by atoms with Crippen LogP contribution in [0.15, 0.2) is 24.3 Å². The van der Waals surface area contributed by atoms with Crippen LogP contribution in [0.2, 0.25) is 5.02 Å². The lowest BCUT2D eigenvalue weighted by Crippen LogP contribution is -2.28. The molecule has 106 valence electrons. The summed E-state index contributed by atoms with van der Waals surface area (Å²) in [6.45, 7) is 1.42. The summed E-state index contributed by atoms with van der Waals surface area (Å²) in [6, 6.07) is 6.90. The van der Waals surface area contributed by atoms with Crippen LogP contribution in [-0.2, 0) is 25.2 Å². The van der Waals surface area contributed by atoms with Crippen molar-refractivity contribution in [3.05, 3.63) is 34.9 Å². The summed E-state index contributed by atoms with van der Waals surface area (Å²) in [5.74, 6) is -0.126. The second-order valence-corrected chi connectivity index (χ2v) is 6.42. The van der Waals surface area contributed by atoms with Gasteiger partial charge >= 0.3 is 0 Å². The third kappa shape index (κ3) is 4.74. The number of halogens is 1. The van der Waals surface area contributed by atoms with Crippen LogP contribution >= 0.6 is 11.6 Å². The van der Waals surface area contributed by atoms with Crippen molar-refractivity contribution in [2.24, 2.45) is 0 Å². The second kappa shape index (κ2) is 6.67. The van der Waals surface area contributed by atoms with E-state index in [4.69, 9.17) is 21.1 Å². The first-order valence-electron chi connectivity index (χ1n) is 6.01. The quantitative estimate of drug-likeness (QED) is 0.865. The van der Waals surface area contributed by atoms with Crippen LogP contribution < -0.4 is 4.72 Å². The molecule has 5 nitrogen and oxygen atoms in total. The fourth-order valence-corrected chi connectivity index (χ4v) is 3.25. The van der Waals surface area contributed by atoms with Crippen molar-refractivity contribution >= 4 is 21.6 Å². The molecule has 0 amide bonds. The maximum atomic E-state index is 11.9. The predicted octanol–water partition coefficient (Wildman–Crippen LogP) is 1.52. The van der Waals surface area contributed by atoms with Gasteiger partial charge in [-0.05, 0) is 11.6 Å². The molecular weight excluding hydrogens is 290 g/mol. The summed E-state index contributed by atoms with van der Waals surface area (Å²) >= 11 is 5.94. The monoisotopic (exact) mass is 305 g/mol. The molecule has 0 aromatic heterocycles. The normalized spacial score (nSPS) is 16.9. The van der Waals surface area contributed by atoms with Crippen LogP contribution in [0.4, 0.5) is 0 Å². The molecule has 2 rings (SSSR count). The molecule has 0 radical (unpaired) electrons. The third-order valence-corrected chi connectivity index (χ3v) is 4.40. The molecule has 1 aliphatic heterocycles. The Balaban J connectivity index is 1.83. The van der Waals surface area contributed by atoms with Gasteiger partial charge in [0, 0.05) is 18.0 Å². The van der Waals surface area contributed by atoms with E-state index in [0.29, 0.717) is 30.2 Å². The zero-order chi connectivity index (χ0) is 13.7. The van der Waals surface area contributed by atoms with Crippen LogP contribution in [0.3, 0.4) is 0 Å². The van der Waals surface area contributed by atoms with Crippen LogP contribution in [0.5, 0.6) is 0 Å². The maximum absolute atomic E-state index is 11.9. The van der Waals surface area contributed by atoms with Gasteiger partial charge in [-0.25, -0.2) is 13.1 Å². The maximum Gasteiger partial charge on any atom is 0.215 e. The van der Waals surface area contributed by atoms with Gasteiger partial charge in [0.05, 0.1) is 19.0 Å². The average molecular weight is 306 g/mol. The summed E-state index contributed by atoms with van der Waals surface area (Å²) in [4.78, 5) is 0. The second-order valence-electron chi connectivity index (χ2n) is 4.20. The van der Waals surface area contributed by atoms with Crippen molar-refractivity contribution in [2.45, 2.75) is 18.5 Å². The minimum absolute atomic E-state index is 0.126. The first-order valence-corrected chi connectivity index (χ1v) is 8.04. The number of hydrogen-bond donors (Lipinski definition) is 1. The standard InChI is InChI=1S/C12H16ClNO4S/c13-11-4-2-1-3-10(11)9-19(15,16)14-6-5-12-17-7-8-18-12/h1-4,12,14H,5-9H2. The molecule has 0 aliphatic carbocycles. The van der Waals surface area contributed by atoms with Crippen molar-refractivity contribution in [1.29, 1.82) is 0 Å². The van der Waals surface area contributed by atoms with Crippen molar-refractivity contribution in [3.8, 4) is 0 Å². The molecule has 0 bridgehead atoms. The van der Waals surface area contributed by atoms with Gasteiger partial charge < -0.3 is 9.47 Å². The van der Waals surface area contributed by atoms with E-state index in [1.165, 1.54) is 0 Å². The molecule has 1 fully saturated rings. The Morgan fingerprint density at radius 3 is 2.63 bits per heavy atom. The molecule has 1 aromatic rings. The number of rotatable bonds is 6. The van der Waals surface area contributed by atoms with Crippen LogP contribution in [0.1, 0.15) is 12.0 Å². The molecule has 7 heteroatoms. The molecule has 0 unspecified atom stereocenters. The van der Waals surface area contributed by atoms with Crippen molar-refractivity contribution < 1.29 is 17.9 Å². The number of ether oxygens (including phenoxy) is 2. The van der Waals surface area contributed by atoms with E-state index in [-0.39, 0.29) is 18.6 Å². The Kier molecular flexibility index (Phi) is 5.18. The predicted molar refractivity (Wildman–Crippen MR) is 72.4 cm³/mol. The minimum Gasteiger partial charge on any atom is -0.350 e. The molecule has 1 heterocycles. The lowest BCUT2D eigenvalue weighted by atomic mass is 10.2. The van der Waals surface area contributed by atoms with E-state index < -0.39 is 10.0 Å². The minimum atomic E-state index is -3.39. The van der Waals surface area contributed by atoms with Gasteiger partial charge in [-0.1, -0.05) is 29.8 Å². The highest BCUT2D eigenvalue weighted by atomic mass is 35.5. The number of sulfonamides is 1. The van der Waals surface area contributed by atoms with E-state index in [9.17, 15) is 8.42 Å². The summed E-state index contributed by atoms with van der Waals surface area (Å²) in [6.07, 6.45) is 0.199. The number of nitrogens with one attached hydrogen (secondary N) is 1. The number of benzene rings is 1. The molecule has 1 aliphatic rings. The van der Waals surface area contributed by atoms with E-state index in [1.54, 1.807) is 24.3 Å². The van der Waals surface area contributed by atoms with Gasteiger partial charge in [-0.15, -0.1) is 0 Å². The first kappa shape index (κ1) is 14.7. The highest BCUT2D eigenvalue weighted by Crippen LogP contribution is 2.17. The SMILES string of the molecule is O=S(=O)(Cc1ccccc1Cl)NCCC1OCCO1. The molecule has 1 aromatic carbocycles. The topological polar surface area (TPSA) is 64.6 Å². The van der Waals surface area contributed by atoms with Crippen LogP contribution in [0.25, 0.3) is 0 Å². The summed E-state index contributed by atoms with van der Waals surface area (Å²) in [7, 11) is -3.39. The molecule has 19 heavy (non-hydrogen) atoms. The van der Waals surface area contributed by atoms with Gasteiger partial charge in [0.1, 0.15) is 0 Å². The Bertz CT molecular complexity index is 514. The van der Waals surface area contributed by atoms with E-state index in [1.807, 2.05) is 0 Å². The molecule has 0 spiro atoms. The highest BCUT2D eigenvalue weighted by molar-refractivity contribution is 7.88.